The summed E-state index contributed by atoms with van der Waals surface area (Å²) in [6, 6.07) is 5.78. The first kappa shape index (κ1) is 18.2. The smallest absolute Gasteiger partial charge is 0.255 e. The summed E-state index contributed by atoms with van der Waals surface area (Å²) in [5, 5.41) is 7.32. The fourth-order valence-electron chi connectivity index (χ4n) is 3.65. The van der Waals surface area contributed by atoms with Gasteiger partial charge in [-0.1, -0.05) is 0 Å². The summed E-state index contributed by atoms with van der Waals surface area (Å²) in [4.78, 5) is 21.8. The van der Waals surface area contributed by atoms with Crippen LogP contribution in [0.15, 0.2) is 29.2 Å². The molecule has 0 fully saturated rings. The normalized spacial score (nSPS) is 14.0. The van der Waals surface area contributed by atoms with Crippen molar-refractivity contribution in [1.29, 1.82) is 0 Å². The second kappa shape index (κ2) is 7.47. The van der Waals surface area contributed by atoms with E-state index in [0.717, 1.165) is 41.0 Å². The van der Waals surface area contributed by atoms with Gasteiger partial charge in [0.15, 0.2) is 11.5 Å². The van der Waals surface area contributed by atoms with E-state index >= 15 is 0 Å². The monoisotopic (exact) mass is 381 g/mol. The van der Waals surface area contributed by atoms with Crippen molar-refractivity contribution in [1.82, 2.24) is 25.1 Å². The van der Waals surface area contributed by atoms with Gasteiger partial charge in [-0.05, 0) is 25.1 Å². The molecule has 0 saturated heterocycles. The Labute approximate surface area is 162 Å². The lowest BCUT2D eigenvalue weighted by Crippen LogP contribution is -2.35. The lowest BCUT2D eigenvalue weighted by Gasteiger charge is -2.27. The van der Waals surface area contributed by atoms with Gasteiger partial charge in [0.1, 0.15) is 5.82 Å². The van der Waals surface area contributed by atoms with E-state index in [1.54, 1.807) is 14.2 Å². The van der Waals surface area contributed by atoms with Gasteiger partial charge in [-0.15, -0.1) is 0 Å². The van der Waals surface area contributed by atoms with E-state index in [1.165, 1.54) is 0 Å². The van der Waals surface area contributed by atoms with Crippen LogP contribution in [0.25, 0.3) is 11.3 Å². The van der Waals surface area contributed by atoms with Gasteiger partial charge >= 0.3 is 0 Å². The Balaban J connectivity index is 1.58. The maximum absolute atomic E-state index is 12.3. The number of H-pyrrole nitrogens is 2. The van der Waals surface area contributed by atoms with Gasteiger partial charge in [-0.25, -0.2) is 4.98 Å². The van der Waals surface area contributed by atoms with Gasteiger partial charge in [0.05, 0.1) is 37.4 Å². The number of rotatable bonds is 5. The average molecular weight is 381 g/mol. The number of hydrogen-bond acceptors (Lipinski definition) is 6. The number of nitrogens with zero attached hydrogens (tertiary/aromatic N) is 3. The number of aromatic nitrogens is 4. The van der Waals surface area contributed by atoms with Gasteiger partial charge in [0.25, 0.3) is 5.56 Å². The van der Waals surface area contributed by atoms with Crippen molar-refractivity contribution < 1.29 is 9.47 Å². The molecule has 8 heteroatoms. The first-order valence-corrected chi connectivity index (χ1v) is 9.14. The van der Waals surface area contributed by atoms with Crippen molar-refractivity contribution >= 4 is 0 Å². The highest BCUT2D eigenvalue weighted by atomic mass is 16.5. The average Bonchev–Trinajstić information content (AvgIpc) is 3.16. The van der Waals surface area contributed by atoms with Crippen LogP contribution in [0, 0.1) is 6.92 Å². The molecular formula is C20H23N5O3. The van der Waals surface area contributed by atoms with Crippen LogP contribution in [0.4, 0.5) is 0 Å². The van der Waals surface area contributed by atoms with E-state index in [4.69, 9.17) is 9.47 Å². The number of nitrogens with one attached hydrogen (secondary N) is 2. The molecule has 0 radical (unpaired) electrons. The molecule has 1 aromatic carbocycles. The summed E-state index contributed by atoms with van der Waals surface area (Å²) in [6.45, 7) is 3.93. The molecule has 3 heterocycles. The van der Waals surface area contributed by atoms with E-state index in [1.807, 2.05) is 31.3 Å². The van der Waals surface area contributed by atoms with Crippen LogP contribution >= 0.6 is 0 Å². The predicted molar refractivity (Wildman–Crippen MR) is 105 cm³/mol. The summed E-state index contributed by atoms with van der Waals surface area (Å²) < 4.78 is 10.7. The summed E-state index contributed by atoms with van der Waals surface area (Å²) in [5.74, 6) is 2.02. The van der Waals surface area contributed by atoms with Gasteiger partial charge in [0, 0.05) is 37.2 Å². The first-order chi connectivity index (χ1) is 13.6. The number of methoxy groups -OCH3 is 2. The Morgan fingerprint density at radius 2 is 2.04 bits per heavy atom. The summed E-state index contributed by atoms with van der Waals surface area (Å²) in [7, 11) is 3.24. The zero-order valence-corrected chi connectivity index (χ0v) is 16.2. The Kier molecular flexibility index (Phi) is 4.87. The minimum Gasteiger partial charge on any atom is -0.493 e. The molecule has 8 nitrogen and oxygen atoms in total. The molecule has 0 aliphatic carbocycles. The highest BCUT2D eigenvalue weighted by Gasteiger charge is 2.22. The molecule has 4 rings (SSSR count). The molecule has 0 unspecified atom stereocenters. The van der Waals surface area contributed by atoms with E-state index in [2.05, 4.69) is 25.1 Å². The summed E-state index contributed by atoms with van der Waals surface area (Å²) in [5.41, 5.74) is 4.59. The van der Waals surface area contributed by atoms with Crippen molar-refractivity contribution in [2.75, 3.05) is 20.8 Å². The topological polar surface area (TPSA) is 96.1 Å². The summed E-state index contributed by atoms with van der Waals surface area (Å²) >= 11 is 0. The van der Waals surface area contributed by atoms with Gasteiger partial charge in [0.2, 0.25) is 0 Å². The SMILES string of the molecule is COc1ccc(-c2[nH]ncc2CN2CCc3nc(C)[nH]c(=O)c3C2)cc1OC. The third-order valence-corrected chi connectivity index (χ3v) is 5.05. The lowest BCUT2D eigenvalue weighted by molar-refractivity contribution is 0.242. The minimum absolute atomic E-state index is 0.0421. The third-order valence-electron chi connectivity index (χ3n) is 5.05. The molecule has 2 N–H and O–H groups in total. The molecule has 2 aromatic heterocycles. The summed E-state index contributed by atoms with van der Waals surface area (Å²) in [6.07, 6.45) is 2.60. The van der Waals surface area contributed by atoms with Crippen LogP contribution < -0.4 is 15.0 Å². The van der Waals surface area contributed by atoms with Crippen molar-refractivity contribution in [2.24, 2.45) is 0 Å². The fourth-order valence-corrected chi connectivity index (χ4v) is 3.65. The minimum atomic E-state index is -0.0421. The first-order valence-electron chi connectivity index (χ1n) is 9.14. The Hall–Kier alpha value is -3.13. The van der Waals surface area contributed by atoms with Crippen molar-refractivity contribution in [2.45, 2.75) is 26.4 Å². The zero-order chi connectivity index (χ0) is 19.7. The molecule has 1 aliphatic rings. The highest BCUT2D eigenvalue weighted by molar-refractivity contribution is 5.66. The second-order valence-electron chi connectivity index (χ2n) is 6.88. The van der Waals surface area contributed by atoms with Crippen molar-refractivity contribution in [3.63, 3.8) is 0 Å². The number of ether oxygens (including phenoxy) is 2. The van der Waals surface area contributed by atoms with E-state index in [9.17, 15) is 4.79 Å². The molecular weight excluding hydrogens is 358 g/mol. The van der Waals surface area contributed by atoms with Crippen LogP contribution in [0.2, 0.25) is 0 Å². The third kappa shape index (κ3) is 3.38. The van der Waals surface area contributed by atoms with E-state index in [0.29, 0.717) is 30.4 Å². The van der Waals surface area contributed by atoms with Gasteiger partial charge in [-0.3, -0.25) is 14.8 Å². The Morgan fingerprint density at radius 1 is 1.21 bits per heavy atom. The van der Waals surface area contributed by atoms with Crippen LogP contribution in [-0.4, -0.2) is 45.8 Å². The molecule has 0 atom stereocenters. The molecule has 146 valence electrons. The standard InChI is InChI=1S/C20H23N5O3/c1-12-22-16-6-7-25(11-15(16)20(26)23-12)10-14-9-21-24-19(14)13-4-5-17(27-2)18(8-13)28-3/h4-5,8-9H,6-7,10-11H2,1-3H3,(H,21,24)(H,22,23,26). The number of benzene rings is 1. The molecule has 28 heavy (non-hydrogen) atoms. The van der Waals surface area contributed by atoms with Crippen molar-refractivity contribution in [3.8, 4) is 22.8 Å². The lowest BCUT2D eigenvalue weighted by atomic mass is 10.0. The quantitative estimate of drug-likeness (QED) is 0.702. The zero-order valence-electron chi connectivity index (χ0n) is 16.2. The van der Waals surface area contributed by atoms with Gasteiger partial charge < -0.3 is 14.5 Å². The van der Waals surface area contributed by atoms with Crippen LogP contribution in [0.5, 0.6) is 11.5 Å². The number of aromatic amines is 2. The predicted octanol–water partition coefficient (Wildman–Crippen LogP) is 2.04. The number of fused-ring (bicyclic) bond motifs is 1. The molecule has 0 bridgehead atoms. The second-order valence-corrected chi connectivity index (χ2v) is 6.88. The van der Waals surface area contributed by atoms with Crippen molar-refractivity contribution in [3.05, 3.63) is 57.4 Å². The highest BCUT2D eigenvalue weighted by Crippen LogP contribution is 2.33. The van der Waals surface area contributed by atoms with Crippen LogP contribution in [0.3, 0.4) is 0 Å². The maximum Gasteiger partial charge on any atom is 0.255 e. The molecule has 0 spiro atoms. The van der Waals surface area contributed by atoms with E-state index < -0.39 is 0 Å². The number of aryl methyl sites for hydroxylation is 1. The van der Waals surface area contributed by atoms with E-state index in [-0.39, 0.29) is 5.56 Å². The van der Waals surface area contributed by atoms with Gasteiger partial charge in [-0.2, -0.15) is 5.10 Å². The van der Waals surface area contributed by atoms with Crippen LogP contribution in [0.1, 0.15) is 22.6 Å². The maximum atomic E-state index is 12.3. The Morgan fingerprint density at radius 3 is 2.82 bits per heavy atom. The molecule has 0 amide bonds. The molecule has 0 saturated carbocycles. The fraction of sp³-hybridized carbons (Fsp3) is 0.350. The number of hydrogen-bond donors (Lipinski definition) is 2. The molecule has 3 aromatic rings. The largest absolute Gasteiger partial charge is 0.493 e. The molecule has 1 aliphatic heterocycles. The Bertz CT molecular complexity index is 1060. The van der Waals surface area contributed by atoms with Crippen LogP contribution in [-0.2, 0) is 19.5 Å².